The second-order valence-electron chi connectivity index (χ2n) is 9.40. The van der Waals surface area contributed by atoms with E-state index in [0.29, 0.717) is 23.2 Å². The van der Waals surface area contributed by atoms with Gasteiger partial charge in [-0.3, -0.25) is 14.5 Å². The van der Waals surface area contributed by atoms with Crippen LogP contribution < -0.4 is 4.74 Å². The fraction of sp³-hybridized carbons (Fsp3) is 0.370. The molecule has 5 rings (SSSR count). The molecule has 0 unspecified atom stereocenters. The number of hydrogen-bond acceptors (Lipinski definition) is 7. The molecule has 0 aliphatic carbocycles. The number of rotatable bonds is 7. The number of piperidine rings is 1. The van der Waals surface area contributed by atoms with Gasteiger partial charge < -0.3 is 9.64 Å². The van der Waals surface area contributed by atoms with Crippen LogP contribution in [0, 0.1) is 0 Å². The van der Waals surface area contributed by atoms with E-state index in [9.17, 15) is 4.79 Å². The Morgan fingerprint density at radius 3 is 2.69 bits per heavy atom. The van der Waals surface area contributed by atoms with Crippen LogP contribution >= 0.6 is 0 Å². The molecule has 0 amide bonds. The van der Waals surface area contributed by atoms with E-state index in [0.717, 1.165) is 48.1 Å². The van der Waals surface area contributed by atoms with E-state index in [1.807, 2.05) is 31.4 Å². The number of aromatic nitrogens is 5. The van der Waals surface area contributed by atoms with Gasteiger partial charge in [0.25, 0.3) is 0 Å². The van der Waals surface area contributed by atoms with E-state index in [2.05, 4.69) is 33.8 Å². The van der Waals surface area contributed by atoms with Gasteiger partial charge in [0, 0.05) is 67.3 Å². The zero-order valence-corrected chi connectivity index (χ0v) is 20.4. The number of fused-ring (bicyclic) bond motifs is 1. The zero-order chi connectivity index (χ0) is 24.4. The quantitative estimate of drug-likeness (QED) is 0.376. The Hall–Kier alpha value is -3.65. The molecule has 4 aromatic rings. The monoisotopic (exact) mass is 470 g/mol. The molecule has 8 nitrogen and oxygen atoms in total. The summed E-state index contributed by atoms with van der Waals surface area (Å²) in [6.07, 6.45) is 9.37. The van der Waals surface area contributed by atoms with Crippen LogP contribution in [0.1, 0.15) is 42.7 Å². The highest BCUT2D eigenvalue weighted by atomic mass is 16.5. The minimum absolute atomic E-state index is 0.0258. The van der Waals surface area contributed by atoms with Crippen LogP contribution in [0.15, 0.2) is 55.1 Å². The smallest absolute Gasteiger partial charge is 0.214 e. The van der Waals surface area contributed by atoms with Gasteiger partial charge in [0.2, 0.25) is 5.88 Å². The average Bonchev–Trinajstić information content (AvgIpc) is 3.30. The third-order valence-electron chi connectivity index (χ3n) is 6.52. The number of hydrogen-bond donors (Lipinski definition) is 0. The van der Waals surface area contributed by atoms with E-state index < -0.39 is 0 Å². The molecule has 1 saturated heterocycles. The summed E-state index contributed by atoms with van der Waals surface area (Å²) in [5, 5.41) is 5.15. The molecule has 0 N–H and O–H groups in total. The van der Waals surface area contributed by atoms with Crippen LogP contribution in [0.4, 0.5) is 0 Å². The molecule has 1 fully saturated rings. The molecule has 8 heteroatoms. The summed E-state index contributed by atoms with van der Waals surface area (Å²) in [6, 6.07) is 9.86. The van der Waals surface area contributed by atoms with Gasteiger partial charge in [0.15, 0.2) is 5.78 Å². The lowest BCUT2D eigenvalue weighted by Crippen LogP contribution is -2.41. The molecule has 0 atom stereocenters. The summed E-state index contributed by atoms with van der Waals surface area (Å²) >= 11 is 0. The highest BCUT2D eigenvalue weighted by molar-refractivity contribution is 5.97. The van der Waals surface area contributed by atoms with E-state index in [1.165, 1.54) is 0 Å². The lowest BCUT2D eigenvalue weighted by atomic mass is 10.1. The molecule has 0 radical (unpaired) electrons. The number of likely N-dealkylation sites (tertiary alicyclic amines) is 1. The van der Waals surface area contributed by atoms with Gasteiger partial charge in [-0.2, -0.15) is 5.10 Å². The second kappa shape index (κ2) is 9.92. The molecular formula is C27H30N6O2. The van der Waals surface area contributed by atoms with Crippen molar-refractivity contribution in [3.05, 3.63) is 66.4 Å². The third kappa shape index (κ3) is 5.38. The lowest BCUT2D eigenvalue weighted by molar-refractivity contribution is 0.0809. The number of pyridine rings is 3. The molecule has 5 heterocycles. The van der Waals surface area contributed by atoms with Gasteiger partial charge >= 0.3 is 0 Å². The van der Waals surface area contributed by atoms with E-state index in [-0.39, 0.29) is 18.3 Å². The lowest BCUT2D eigenvalue weighted by Gasteiger charge is -2.34. The highest BCUT2D eigenvalue weighted by Gasteiger charge is 2.22. The van der Waals surface area contributed by atoms with Gasteiger partial charge in [-0.15, -0.1) is 0 Å². The van der Waals surface area contributed by atoms with Gasteiger partial charge in [-0.1, -0.05) is 0 Å². The van der Waals surface area contributed by atoms with Crippen LogP contribution in [0.5, 0.6) is 5.88 Å². The third-order valence-corrected chi connectivity index (χ3v) is 6.52. The minimum atomic E-state index is -0.0258. The maximum Gasteiger partial charge on any atom is 0.214 e. The van der Waals surface area contributed by atoms with Crippen molar-refractivity contribution in [1.29, 1.82) is 0 Å². The average molecular weight is 471 g/mol. The Morgan fingerprint density at radius 1 is 1.11 bits per heavy atom. The van der Waals surface area contributed by atoms with E-state index >= 15 is 0 Å². The number of ketones is 1. The summed E-state index contributed by atoms with van der Waals surface area (Å²) in [5.41, 5.74) is 3.84. The SMILES string of the molecule is CC(C)N1CCC(Oc2cc(C(=O)Cc3cc4nc(-c5cnn(C)c5)ccc4cn3)ccn2)CC1. The number of carbonyl (C=O) groups is 1. The van der Waals surface area contributed by atoms with E-state index in [4.69, 9.17) is 9.72 Å². The molecule has 0 saturated carbocycles. The highest BCUT2D eigenvalue weighted by Crippen LogP contribution is 2.22. The Balaban J connectivity index is 1.27. The fourth-order valence-electron chi connectivity index (χ4n) is 4.46. The van der Waals surface area contributed by atoms with Crippen molar-refractivity contribution in [3.63, 3.8) is 0 Å². The summed E-state index contributed by atoms with van der Waals surface area (Å²) in [6.45, 7) is 6.48. The zero-order valence-electron chi connectivity index (χ0n) is 20.4. The van der Waals surface area contributed by atoms with Crippen LogP contribution in [-0.2, 0) is 13.5 Å². The fourth-order valence-corrected chi connectivity index (χ4v) is 4.46. The number of Topliss-reactive ketones (excluding diaryl/α,β-unsaturated/α-hetero) is 1. The topological polar surface area (TPSA) is 86.0 Å². The minimum Gasteiger partial charge on any atom is -0.474 e. The van der Waals surface area contributed by atoms with Crippen molar-refractivity contribution in [2.45, 2.75) is 45.3 Å². The molecule has 180 valence electrons. The molecular weight excluding hydrogens is 440 g/mol. The van der Waals surface area contributed by atoms with Crippen molar-refractivity contribution < 1.29 is 9.53 Å². The standard InChI is InChI=1S/C27H30N6O2/c1-18(2)33-10-7-23(8-11-33)35-27-12-19(6-9-28-27)26(34)14-22-13-25-20(15-29-22)4-5-24(31-25)21-16-30-32(3)17-21/h4-6,9,12-13,15-18,23H,7-8,10-11,14H2,1-3H3. The van der Waals surface area contributed by atoms with Crippen molar-refractivity contribution in [3.8, 4) is 17.1 Å². The predicted octanol–water partition coefficient (Wildman–Crippen LogP) is 4.10. The Bertz CT molecular complexity index is 1340. The van der Waals surface area contributed by atoms with Gasteiger partial charge in [-0.25, -0.2) is 9.97 Å². The summed E-state index contributed by atoms with van der Waals surface area (Å²) in [5.74, 6) is 0.482. The van der Waals surface area contributed by atoms with Crippen LogP contribution in [0.25, 0.3) is 22.2 Å². The Kier molecular flexibility index (Phi) is 6.55. The van der Waals surface area contributed by atoms with Gasteiger partial charge in [0.1, 0.15) is 6.10 Å². The van der Waals surface area contributed by atoms with Crippen LogP contribution in [-0.4, -0.2) is 60.7 Å². The first-order valence-electron chi connectivity index (χ1n) is 12.1. The molecule has 1 aliphatic heterocycles. The predicted molar refractivity (Wildman–Crippen MR) is 134 cm³/mol. The molecule has 0 bridgehead atoms. The number of nitrogens with zero attached hydrogens (tertiary/aromatic N) is 6. The normalized spacial score (nSPS) is 15.1. The maximum atomic E-state index is 13.0. The molecule has 0 spiro atoms. The molecule has 4 aromatic heterocycles. The first kappa shape index (κ1) is 23.1. The summed E-state index contributed by atoms with van der Waals surface area (Å²) in [7, 11) is 1.88. The van der Waals surface area contributed by atoms with Crippen molar-refractivity contribution >= 4 is 16.7 Å². The molecule has 1 aliphatic rings. The van der Waals surface area contributed by atoms with Crippen LogP contribution in [0.3, 0.4) is 0 Å². The molecule has 0 aromatic carbocycles. The maximum absolute atomic E-state index is 13.0. The van der Waals surface area contributed by atoms with E-state index in [1.54, 1.807) is 35.4 Å². The van der Waals surface area contributed by atoms with Crippen molar-refractivity contribution in [2.24, 2.45) is 7.05 Å². The van der Waals surface area contributed by atoms with Crippen molar-refractivity contribution in [2.75, 3.05) is 13.1 Å². The number of aryl methyl sites for hydroxylation is 1. The summed E-state index contributed by atoms with van der Waals surface area (Å²) in [4.78, 5) is 29.1. The largest absolute Gasteiger partial charge is 0.474 e. The first-order chi connectivity index (χ1) is 16.9. The molecule has 35 heavy (non-hydrogen) atoms. The van der Waals surface area contributed by atoms with Gasteiger partial charge in [-0.05, 0) is 51.0 Å². The number of carbonyl (C=O) groups excluding carboxylic acids is 1. The summed E-state index contributed by atoms with van der Waals surface area (Å²) < 4.78 is 7.87. The number of ether oxygens (including phenoxy) is 1. The Morgan fingerprint density at radius 2 is 1.94 bits per heavy atom. The second-order valence-corrected chi connectivity index (χ2v) is 9.40. The van der Waals surface area contributed by atoms with Crippen molar-refractivity contribution in [1.82, 2.24) is 29.6 Å². The van der Waals surface area contributed by atoms with Gasteiger partial charge in [0.05, 0.1) is 29.5 Å². The van der Waals surface area contributed by atoms with Crippen LogP contribution in [0.2, 0.25) is 0 Å². The first-order valence-corrected chi connectivity index (χ1v) is 12.1. The Labute approximate surface area is 205 Å².